The maximum Gasteiger partial charge on any atom is 0.115 e. The highest BCUT2D eigenvalue weighted by atomic mass is 16.3. The third-order valence-electron chi connectivity index (χ3n) is 5.25. The summed E-state index contributed by atoms with van der Waals surface area (Å²) in [5.41, 5.74) is 11.2. The monoisotopic (exact) mass is 356 g/mol. The smallest absolute Gasteiger partial charge is 0.115 e. The number of hydrogen-bond acceptors (Lipinski definition) is 4. The number of phenolic OH excluding ortho intramolecular Hbond substituents is 1. The van der Waals surface area contributed by atoms with Crippen molar-refractivity contribution in [3.63, 3.8) is 0 Å². The van der Waals surface area contributed by atoms with Gasteiger partial charge in [-0.1, -0.05) is 54.6 Å². The number of hydrazine groups is 1. The average molecular weight is 356 g/mol. The van der Waals surface area contributed by atoms with Crippen molar-refractivity contribution in [2.75, 3.05) is 0 Å². The van der Waals surface area contributed by atoms with E-state index < -0.39 is 0 Å². The molecule has 1 aromatic heterocycles. The van der Waals surface area contributed by atoms with E-state index in [0.717, 1.165) is 22.4 Å². The lowest BCUT2D eigenvalue weighted by atomic mass is 9.85. The van der Waals surface area contributed by atoms with E-state index in [1.807, 2.05) is 36.4 Å². The van der Waals surface area contributed by atoms with E-state index in [2.05, 4.69) is 46.2 Å². The molecule has 134 valence electrons. The number of nitrogens with zero attached hydrogens (tertiary/aromatic N) is 1. The van der Waals surface area contributed by atoms with E-state index in [-0.39, 0.29) is 23.8 Å². The molecule has 4 N–H and O–H groups in total. The van der Waals surface area contributed by atoms with E-state index in [1.54, 1.807) is 12.1 Å². The molecule has 0 amide bonds. The zero-order chi connectivity index (χ0) is 18.2. The summed E-state index contributed by atoms with van der Waals surface area (Å²) in [7, 11) is 0. The van der Waals surface area contributed by atoms with Gasteiger partial charge in [0.15, 0.2) is 0 Å². The number of benzene rings is 3. The van der Waals surface area contributed by atoms with Crippen molar-refractivity contribution in [1.82, 2.24) is 20.8 Å². The summed E-state index contributed by atoms with van der Waals surface area (Å²) in [5.74, 6) is 1.29. The highest BCUT2D eigenvalue weighted by molar-refractivity contribution is 5.75. The number of imidazole rings is 1. The number of phenols is 1. The van der Waals surface area contributed by atoms with Gasteiger partial charge in [-0.2, -0.15) is 0 Å². The molecule has 1 aliphatic rings. The van der Waals surface area contributed by atoms with Crippen molar-refractivity contribution in [1.29, 1.82) is 0 Å². The second-order valence-corrected chi connectivity index (χ2v) is 6.91. The number of hydrogen-bond donors (Lipinski definition) is 4. The maximum atomic E-state index is 9.65. The quantitative estimate of drug-likeness (QED) is 0.449. The molecule has 3 aromatic carbocycles. The Labute approximate surface area is 157 Å². The first-order chi connectivity index (χ1) is 13.3. The molecular weight excluding hydrogens is 336 g/mol. The Morgan fingerprint density at radius 3 is 2.04 bits per heavy atom. The molecule has 5 heteroatoms. The van der Waals surface area contributed by atoms with Gasteiger partial charge < -0.3 is 10.1 Å². The predicted octanol–water partition coefficient (Wildman–Crippen LogP) is 3.94. The number of aromatic hydroxyl groups is 1. The predicted molar refractivity (Wildman–Crippen MR) is 105 cm³/mol. The number of fused-ring (bicyclic) bond motifs is 1. The molecule has 0 radical (unpaired) electrons. The normalized spacial score (nSPS) is 22.3. The minimum Gasteiger partial charge on any atom is -0.508 e. The Morgan fingerprint density at radius 2 is 1.33 bits per heavy atom. The molecule has 5 nitrogen and oxygen atoms in total. The van der Waals surface area contributed by atoms with E-state index in [9.17, 15) is 5.11 Å². The maximum absolute atomic E-state index is 9.65. The molecule has 0 aliphatic carbocycles. The van der Waals surface area contributed by atoms with Gasteiger partial charge in [-0.15, -0.1) is 0 Å². The number of H-pyrrole nitrogens is 1. The van der Waals surface area contributed by atoms with Crippen molar-refractivity contribution in [3.8, 4) is 5.75 Å². The highest BCUT2D eigenvalue weighted by Crippen LogP contribution is 2.43. The average Bonchev–Trinajstić information content (AvgIpc) is 3.33. The van der Waals surface area contributed by atoms with Gasteiger partial charge in [-0.05, 0) is 35.4 Å². The zero-order valence-electron chi connectivity index (χ0n) is 14.6. The van der Waals surface area contributed by atoms with Gasteiger partial charge >= 0.3 is 0 Å². The van der Waals surface area contributed by atoms with Gasteiger partial charge in [0.05, 0.1) is 29.0 Å². The Hall–Kier alpha value is -3.15. The number of aromatic amines is 1. The lowest BCUT2D eigenvalue weighted by molar-refractivity contribution is 0.473. The number of para-hydroxylation sites is 2. The van der Waals surface area contributed by atoms with Crippen LogP contribution in [-0.4, -0.2) is 15.1 Å². The molecule has 4 aromatic rings. The standard InChI is InChI=1S/C22H20N4O/c27-16-12-10-15(11-13-16)21-19(20(25-26-21)14-6-2-1-3-7-14)22-23-17-8-4-5-9-18(17)24-22/h1-13,19-21,25-27H,(H,23,24). The van der Waals surface area contributed by atoms with Crippen LogP contribution < -0.4 is 10.9 Å². The number of rotatable bonds is 3. The van der Waals surface area contributed by atoms with Gasteiger partial charge in [0.1, 0.15) is 11.6 Å². The number of aromatic nitrogens is 2. The molecule has 27 heavy (non-hydrogen) atoms. The first-order valence-electron chi connectivity index (χ1n) is 9.09. The SMILES string of the molecule is Oc1ccc(C2NNC(c3ccccc3)C2c2nc3ccccc3[nH]2)cc1. The molecule has 3 unspecified atom stereocenters. The third kappa shape index (κ3) is 2.87. The molecule has 5 rings (SSSR count). The Kier molecular flexibility index (Phi) is 3.89. The fourth-order valence-corrected chi connectivity index (χ4v) is 3.92. The van der Waals surface area contributed by atoms with Crippen molar-refractivity contribution in [2.24, 2.45) is 0 Å². The van der Waals surface area contributed by atoms with Crippen LogP contribution in [-0.2, 0) is 0 Å². The lowest BCUT2D eigenvalue weighted by Gasteiger charge is -2.22. The first-order valence-corrected chi connectivity index (χ1v) is 9.09. The summed E-state index contributed by atoms with van der Waals surface area (Å²) in [4.78, 5) is 8.39. The van der Waals surface area contributed by atoms with Crippen LogP contribution in [0.15, 0.2) is 78.9 Å². The van der Waals surface area contributed by atoms with Crippen molar-refractivity contribution >= 4 is 11.0 Å². The van der Waals surface area contributed by atoms with Crippen LogP contribution >= 0.6 is 0 Å². The van der Waals surface area contributed by atoms with Gasteiger partial charge in [-0.3, -0.25) is 0 Å². The summed E-state index contributed by atoms with van der Waals surface area (Å²) in [6.45, 7) is 0. The van der Waals surface area contributed by atoms with E-state index in [0.29, 0.717) is 0 Å². The first kappa shape index (κ1) is 16.1. The van der Waals surface area contributed by atoms with Crippen LogP contribution in [0.4, 0.5) is 0 Å². The topological polar surface area (TPSA) is 73.0 Å². The van der Waals surface area contributed by atoms with Gasteiger partial charge in [0.25, 0.3) is 0 Å². The largest absolute Gasteiger partial charge is 0.508 e. The molecule has 0 saturated carbocycles. The lowest BCUT2D eigenvalue weighted by Crippen LogP contribution is -2.26. The van der Waals surface area contributed by atoms with Crippen molar-refractivity contribution in [2.45, 2.75) is 18.0 Å². The molecule has 1 saturated heterocycles. The summed E-state index contributed by atoms with van der Waals surface area (Å²) in [6, 6.07) is 26.0. The van der Waals surface area contributed by atoms with Crippen molar-refractivity contribution in [3.05, 3.63) is 95.8 Å². The van der Waals surface area contributed by atoms with E-state index in [4.69, 9.17) is 4.98 Å². The van der Waals surface area contributed by atoms with Gasteiger partial charge in [-0.25, -0.2) is 15.8 Å². The third-order valence-corrected chi connectivity index (χ3v) is 5.25. The molecule has 1 fully saturated rings. The summed E-state index contributed by atoms with van der Waals surface area (Å²) < 4.78 is 0. The zero-order valence-corrected chi connectivity index (χ0v) is 14.6. The van der Waals surface area contributed by atoms with Gasteiger partial charge in [0.2, 0.25) is 0 Å². The molecule has 3 atom stereocenters. The molecule has 1 aliphatic heterocycles. The fraction of sp³-hybridized carbons (Fsp3) is 0.136. The molecule has 2 heterocycles. The Bertz CT molecular complexity index is 1030. The Morgan fingerprint density at radius 1 is 0.704 bits per heavy atom. The summed E-state index contributed by atoms with van der Waals surface area (Å²) in [6.07, 6.45) is 0. The van der Waals surface area contributed by atoms with Gasteiger partial charge in [0, 0.05) is 0 Å². The van der Waals surface area contributed by atoms with Crippen LogP contribution in [0.5, 0.6) is 5.75 Å². The second-order valence-electron chi connectivity index (χ2n) is 6.91. The van der Waals surface area contributed by atoms with Crippen molar-refractivity contribution < 1.29 is 5.11 Å². The van der Waals surface area contributed by atoms with E-state index >= 15 is 0 Å². The van der Waals surface area contributed by atoms with Crippen LogP contribution in [0.2, 0.25) is 0 Å². The summed E-state index contributed by atoms with van der Waals surface area (Å²) >= 11 is 0. The van der Waals surface area contributed by atoms with E-state index in [1.165, 1.54) is 5.56 Å². The van der Waals surface area contributed by atoms with Crippen LogP contribution in [0.25, 0.3) is 11.0 Å². The molecule has 0 bridgehead atoms. The fourth-order valence-electron chi connectivity index (χ4n) is 3.92. The van der Waals surface area contributed by atoms with Crippen LogP contribution in [0, 0.1) is 0 Å². The minimum absolute atomic E-state index is 0.0244. The van der Waals surface area contributed by atoms with Crippen LogP contribution in [0.1, 0.15) is 35.0 Å². The molecular formula is C22H20N4O. The minimum atomic E-state index is 0.0244. The molecule has 0 spiro atoms. The number of nitrogens with one attached hydrogen (secondary N) is 3. The highest BCUT2D eigenvalue weighted by Gasteiger charge is 2.40. The Balaban J connectivity index is 1.62. The second kappa shape index (κ2) is 6.54. The summed E-state index contributed by atoms with van der Waals surface area (Å²) in [5, 5.41) is 9.65. The van der Waals surface area contributed by atoms with Crippen LogP contribution in [0.3, 0.4) is 0 Å².